The smallest absolute Gasteiger partial charge is 0.416 e. The van der Waals surface area contributed by atoms with Crippen LogP contribution in [0.15, 0.2) is 41.5 Å². The van der Waals surface area contributed by atoms with Crippen molar-refractivity contribution in [2.45, 2.75) is 31.5 Å². The molecule has 0 amide bonds. The highest BCUT2D eigenvalue weighted by Crippen LogP contribution is 2.37. The lowest BCUT2D eigenvalue weighted by Gasteiger charge is -2.29. The van der Waals surface area contributed by atoms with Gasteiger partial charge in [-0.3, -0.25) is 14.3 Å². The lowest BCUT2D eigenvalue weighted by atomic mass is 9.88. The highest BCUT2D eigenvalue weighted by Gasteiger charge is 2.33. The monoisotopic (exact) mass is 417 g/mol. The van der Waals surface area contributed by atoms with Gasteiger partial charge < -0.3 is 10.5 Å². The molecule has 2 heterocycles. The molecule has 1 aliphatic rings. The summed E-state index contributed by atoms with van der Waals surface area (Å²) in [5.41, 5.74) is 5.51. The molecule has 4 rings (SSSR count). The molecule has 0 radical (unpaired) electrons. The fourth-order valence-corrected chi connectivity index (χ4v) is 4.10. The van der Waals surface area contributed by atoms with E-state index in [1.54, 1.807) is 18.5 Å². The number of carbonyl (C=O) groups is 1. The first kappa shape index (κ1) is 19.9. The van der Waals surface area contributed by atoms with Crippen molar-refractivity contribution in [3.8, 4) is 0 Å². The van der Waals surface area contributed by atoms with E-state index >= 15 is 0 Å². The number of fused-ring (bicyclic) bond motifs is 2. The third-order valence-corrected chi connectivity index (χ3v) is 5.50. The number of aromatic nitrogens is 2. The van der Waals surface area contributed by atoms with Gasteiger partial charge in [-0.2, -0.15) is 13.2 Å². The summed E-state index contributed by atoms with van der Waals surface area (Å²) in [5, 5.41) is 0.184. The fraction of sp³-hybridized carbons (Fsp3) is 0.286. The van der Waals surface area contributed by atoms with E-state index in [0.29, 0.717) is 12.8 Å². The molecular formula is C21H18F3N3O3. The number of methoxy groups -OCH3 is 1. The number of carbonyl (C=O) groups excluding carboxylic acids is 1. The first-order chi connectivity index (χ1) is 14.2. The topological polar surface area (TPSA) is 87.2 Å². The van der Waals surface area contributed by atoms with Crippen LogP contribution in [0.3, 0.4) is 0 Å². The van der Waals surface area contributed by atoms with Crippen LogP contribution in [0, 0.1) is 0 Å². The molecule has 1 unspecified atom stereocenters. The van der Waals surface area contributed by atoms with Gasteiger partial charge in [0.2, 0.25) is 0 Å². The molecule has 2 N–H and O–H groups in total. The van der Waals surface area contributed by atoms with Crippen molar-refractivity contribution < 1.29 is 22.7 Å². The van der Waals surface area contributed by atoms with E-state index in [0.717, 1.165) is 36.8 Å². The minimum Gasteiger partial charge on any atom is -0.465 e. The quantitative estimate of drug-likeness (QED) is 0.643. The number of nitrogens with zero attached hydrogens (tertiary/aromatic N) is 2. The zero-order chi connectivity index (χ0) is 21.6. The largest absolute Gasteiger partial charge is 0.465 e. The average molecular weight is 417 g/mol. The summed E-state index contributed by atoms with van der Waals surface area (Å²) in [5.74, 6) is -0.932. The standard InChI is InChI=1S/C21H18F3N3O3/c1-30-20(29)17-18(25)14-6-5-12(21(22,23)24)9-16(14)27(19(17)28)15-4-2-3-11-10-26-8-7-13(11)15/h5-10,15H,2-4,25H2,1H3. The number of nitrogen functional groups attached to an aromatic ring is 1. The van der Waals surface area contributed by atoms with Crippen molar-refractivity contribution in [3.05, 3.63) is 69.3 Å². The first-order valence-electron chi connectivity index (χ1n) is 9.30. The second kappa shape index (κ2) is 7.16. The van der Waals surface area contributed by atoms with Gasteiger partial charge in [0.05, 0.1) is 29.9 Å². The third kappa shape index (κ3) is 3.10. The van der Waals surface area contributed by atoms with Gasteiger partial charge >= 0.3 is 12.1 Å². The van der Waals surface area contributed by atoms with Gasteiger partial charge in [-0.05, 0) is 48.6 Å². The maximum absolute atomic E-state index is 13.4. The van der Waals surface area contributed by atoms with Crippen LogP contribution in [-0.4, -0.2) is 22.6 Å². The average Bonchev–Trinajstić information content (AvgIpc) is 2.72. The Labute approximate surface area is 169 Å². The Bertz CT molecular complexity index is 1220. The lowest BCUT2D eigenvalue weighted by molar-refractivity contribution is -0.137. The molecule has 0 saturated carbocycles. The zero-order valence-electron chi connectivity index (χ0n) is 16.0. The molecule has 2 aromatic heterocycles. The predicted molar refractivity (Wildman–Crippen MR) is 104 cm³/mol. The molecule has 1 atom stereocenters. The fourth-order valence-electron chi connectivity index (χ4n) is 4.10. The molecule has 0 saturated heterocycles. The van der Waals surface area contributed by atoms with Gasteiger partial charge in [0.1, 0.15) is 5.56 Å². The summed E-state index contributed by atoms with van der Waals surface area (Å²) in [7, 11) is 1.12. The number of alkyl halides is 3. The predicted octanol–water partition coefficient (Wildman–Crippen LogP) is 3.71. The summed E-state index contributed by atoms with van der Waals surface area (Å²) in [6.07, 6.45) is 0.650. The van der Waals surface area contributed by atoms with Crippen LogP contribution in [0.25, 0.3) is 10.9 Å². The second-order valence-electron chi connectivity index (χ2n) is 7.17. The van der Waals surface area contributed by atoms with E-state index < -0.39 is 29.3 Å². The van der Waals surface area contributed by atoms with Crippen molar-refractivity contribution in [1.82, 2.24) is 9.55 Å². The molecule has 6 nitrogen and oxygen atoms in total. The Hall–Kier alpha value is -3.36. The molecule has 9 heteroatoms. The summed E-state index contributed by atoms with van der Waals surface area (Å²) in [6.45, 7) is 0. The molecule has 1 aliphatic carbocycles. The number of ether oxygens (including phenoxy) is 1. The van der Waals surface area contributed by atoms with Crippen LogP contribution in [0.2, 0.25) is 0 Å². The number of pyridine rings is 2. The number of halogens is 3. The van der Waals surface area contributed by atoms with E-state index in [1.165, 1.54) is 10.6 Å². The van der Waals surface area contributed by atoms with E-state index in [1.807, 2.05) is 0 Å². The Morgan fingerprint density at radius 2 is 2.07 bits per heavy atom. The Morgan fingerprint density at radius 1 is 1.30 bits per heavy atom. The summed E-state index contributed by atoms with van der Waals surface area (Å²) in [6, 6.07) is 4.17. The van der Waals surface area contributed by atoms with Crippen LogP contribution >= 0.6 is 0 Å². The molecule has 0 spiro atoms. The van der Waals surface area contributed by atoms with Crippen LogP contribution in [0.1, 0.15) is 45.9 Å². The zero-order valence-corrected chi connectivity index (χ0v) is 16.0. The summed E-state index contributed by atoms with van der Waals surface area (Å²) < 4.78 is 46.1. The van der Waals surface area contributed by atoms with Gasteiger partial charge in [0, 0.05) is 17.8 Å². The van der Waals surface area contributed by atoms with Crippen LogP contribution < -0.4 is 11.3 Å². The molecule has 30 heavy (non-hydrogen) atoms. The Morgan fingerprint density at radius 3 is 2.77 bits per heavy atom. The normalized spacial score (nSPS) is 16.3. The van der Waals surface area contributed by atoms with E-state index in [2.05, 4.69) is 4.98 Å². The number of anilines is 1. The highest BCUT2D eigenvalue weighted by molar-refractivity contribution is 6.04. The number of hydrogen-bond acceptors (Lipinski definition) is 5. The van der Waals surface area contributed by atoms with E-state index in [-0.39, 0.29) is 22.2 Å². The lowest BCUT2D eigenvalue weighted by Crippen LogP contribution is -2.33. The van der Waals surface area contributed by atoms with E-state index in [4.69, 9.17) is 10.5 Å². The minimum absolute atomic E-state index is 0.0228. The van der Waals surface area contributed by atoms with Gasteiger partial charge in [0.25, 0.3) is 5.56 Å². The van der Waals surface area contributed by atoms with Crippen molar-refractivity contribution >= 4 is 22.6 Å². The van der Waals surface area contributed by atoms with Gasteiger partial charge in [-0.15, -0.1) is 0 Å². The van der Waals surface area contributed by atoms with Gasteiger partial charge in [0.15, 0.2) is 0 Å². The van der Waals surface area contributed by atoms with Crippen molar-refractivity contribution in [3.63, 3.8) is 0 Å². The van der Waals surface area contributed by atoms with E-state index in [9.17, 15) is 22.8 Å². The van der Waals surface area contributed by atoms with Gasteiger partial charge in [-0.1, -0.05) is 6.07 Å². The number of benzene rings is 1. The number of esters is 1. The van der Waals surface area contributed by atoms with Crippen molar-refractivity contribution in [1.29, 1.82) is 0 Å². The second-order valence-corrected chi connectivity index (χ2v) is 7.17. The minimum atomic E-state index is -4.60. The summed E-state index contributed by atoms with van der Waals surface area (Å²) >= 11 is 0. The van der Waals surface area contributed by atoms with Crippen molar-refractivity contribution in [2.24, 2.45) is 0 Å². The molecule has 0 fully saturated rings. The molecule has 0 aliphatic heterocycles. The Kier molecular flexibility index (Phi) is 4.76. The van der Waals surface area contributed by atoms with Crippen LogP contribution in [0.5, 0.6) is 0 Å². The molecule has 3 aromatic rings. The SMILES string of the molecule is COC(=O)c1c(N)c2ccc(C(F)(F)F)cc2n(C2CCCc3cnccc32)c1=O. The number of nitrogens with two attached hydrogens (primary N) is 1. The van der Waals surface area contributed by atoms with Gasteiger partial charge in [-0.25, -0.2) is 4.79 Å². The number of rotatable bonds is 2. The van der Waals surface area contributed by atoms with Crippen molar-refractivity contribution in [2.75, 3.05) is 12.8 Å². The number of aryl methyl sites for hydroxylation is 1. The summed E-state index contributed by atoms with van der Waals surface area (Å²) in [4.78, 5) is 29.8. The maximum Gasteiger partial charge on any atom is 0.416 e. The van der Waals surface area contributed by atoms with Crippen LogP contribution in [0.4, 0.5) is 18.9 Å². The molecule has 156 valence electrons. The first-order valence-corrected chi connectivity index (χ1v) is 9.30. The molecular weight excluding hydrogens is 399 g/mol. The third-order valence-electron chi connectivity index (χ3n) is 5.50. The highest BCUT2D eigenvalue weighted by atomic mass is 19.4. The Balaban J connectivity index is 2.11. The molecule has 0 bridgehead atoms. The maximum atomic E-state index is 13.4. The molecule has 1 aromatic carbocycles. The van der Waals surface area contributed by atoms with Crippen LogP contribution in [-0.2, 0) is 17.3 Å². The number of hydrogen-bond donors (Lipinski definition) is 1.